The summed E-state index contributed by atoms with van der Waals surface area (Å²) < 4.78 is 28.7. The van der Waals surface area contributed by atoms with Crippen molar-refractivity contribution >= 4 is 21.2 Å². The molecule has 3 aromatic rings. The molecule has 0 N–H and O–H groups in total. The van der Waals surface area contributed by atoms with E-state index in [9.17, 15) is 8.42 Å². The molecule has 2 aliphatic carbocycles. The smallest absolute Gasteiger partial charge is 0.207 e. The minimum Gasteiger partial charge on any atom is -0.207 e. The molecule has 0 saturated carbocycles. The molecule has 162 valence electrons. The number of hydrogen-bond donors (Lipinski definition) is 0. The van der Waals surface area contributed by atoms with Crippen molar-refractivity contribution in [2.24, 2.45) is 17.8 Å². The fraction of sp³-hybridized carbons (Fsp3) is 0.286. The van der Waals surface area contributed by atoms with Crippen LogP contribution in [0, 0.1) is 24.7 Å². The van der Waals surface area contributed by atoms with Crippen molar-refractivity contribution < 1.29 is 8.42 Å². The molecular weight excluding hydrogens is 414 g/mol. The Hall–Kier alpha value is -2.69. The van der Waals surface area contributed by atoms with E-state index in [2.05, 4.69) is 54.6 Å². The molecule has 32 heavy (non-hydrogen) atoms. The normalized spacial score (nSPS) is 24.8. The highest BCUT2D eigenvalue weighted by Gasteiger charge is 2.49. The monoisotopic (exact) mass is 441 g/mol. The minimum atomic E-state index is -3.48. The average Bonchev–Trinajstić information content (AvgIpc) is 3.42. The largest absolute Gasteiger partial charge is 0.243 e. The first kappa shape index (κ1) is 20.0. The lowest BCUT2D eigenvalue weighted by molar-refractivity contribution is 0.332. The number of hydrogen-bond acceptors (Lipinski definition) is 2. The van der Waals surface area contributed by atoms with Gasteiger partial charge in [-0.2, -0.15) is 4.31 Å². The molecule has 1 saturated heterocycles. The maximum absolute atomic E-state index is 13.5. The first-order valence-electron chi connectivity index (χ1n) is 11.5. The molecular formula is C28H27NO2S. The molecule has 3 nitrogen and oxygen atoms in total. The third-order valence-corrected chi connectivity index (χ3v) is 9.51. The van der Waals surface area contributed by atoms with Crippen LogP contribution in [0.5, 0.6) is 0 Å². The summed E-state index contributed by atoms with van der Waals surface area (Å²) in [5.74, 6) is 1.11. The highest BCUT2D eigenvalue weighted by atomic mass is 32.2. The van der Waals surface area contributed by atoms with Crippen LogP contribution in [0.2, 0.25) is 0 Å². The van der Waals surface area contributed by atoms with E-state index in [0.717, 1.165) is 18.4 Å². The second kappa shape index (κ2) is 7.43. The lowest BCUT2D eigenvalue weighted by atomic mass is 9.69. The van der Waals surface area contributed by atoms with Crippen LogP contribution in [0.1, 0.15) is 28.7 Å². The van der Waals surface area contributed by atoms with Gasteiger partial charge in [0.15, 0.2) is 0 Å². The number of fused-ring (bicyclic) bond motifs is 5. The van der Waals surface area contributed by atoms with Crippen molar-refractivity contribution in [3.63, 3.8) is 0 Å². The van der Waals surface area contributed by atoms with Crippen LogP contribution in [-0.2, 0) is 16.4 Å². The number of nitrogens with zero attached hydrogens (tertiary/aromatic N) is 1. The van der Waals surface area contributed by atoms with Gasteiger partial charge in [0.1, 0.15) is 0 Å². The Labute approximate surface area is 190 Å². The van der Waals surface area contributed by atoms with Gasteiger partial charge in [-0.25, -0.2) is 8.42 Å². The van der Waals surface area contributed by atoms with Gasteiger partial charge < -0.3 is 0 Å². The van der Waals surface area contributed by atoms with E-state index >= 15 is 0 Å². The number of aryl methyl sites for hydroxylation is 1. The topological polar surface area (TPSA) is 37.4 Å². The summed E-state index contributed by atoms with van der Waals surface area (Å²) in [4.78, 5) is 0.410. The average molecular weight is 442 g/mol. The molecule has 1 fully saturated rings. The minimum absolute atomic E-state index is 0.355. The maximum Gasteiger partial charge on any atom is 0.243 e. The summed E-state index contributed by atoms with van der Waals surface area (Å²) in [6.07, 6.45) is 1.95. The molecule has 0 radical (unpaired) electrons. The molecule has 6 rings (SSSR count). The van der Waals surface area contributed by atoms with Gasteiger partial charge in [-0.1, -0.05) is 72.3 Å². The second-order valence-corrected chi connectivity index (χ2v) is 11.4. The third kappa shape index (κ3) is 3.08. The molecule has 0 aromatic heterocycles. The van der Waals surface area contributed by atoms with E-state index in [1.54, 1.807) is 16.4 Å². The molecule has 1 heterocycles. The summed E-state index contributed by atoms with van der Waals surface area (Å²) >= 11 is 0. The number of rotatable bonds is 3. The zero-order valence-electron chi connectivity index (χ0n) is 18.2. The van der Waals surface area contributed by atoms with Crippen LogP contribution in [-0.4, -0.2) is 25.8 Å². The third-order valence-electron chi connectivity index (χ3n) is 7.67. The quantitative estimate of drug-likeness (QED) is 0.544. The van der Waals surface area contributed by atoms with Crippen molar-refractivity contribution in [3.05, 3.63) is 101 Å². The van der Waals surface area contributed by atoms with Gasteiger partial charge in [-0.15, -0.1) is 0 Å². The van der Waals surface area contributed by atoms with Crippen LogP contribution in [0.15, 0.2) is 83.8 Å². The number of allylic oxidation sites excluding steroid dienone is 2. The van der Waals surface area contributed by atoms with Gasteiger partial charge in [0.25, 0.3) is 0 Å². The number of sulfonamides is 1. The van der Waals surface area contributed by atoms with Crippen LogP contribution in [0.4, 0.5) is 0 Å². The second-order valence-electron chi connectivity index (χ2n) is 9.49. The Morgan fingerprint density at radius 1 is 0.812 bits per heavy atom. The summed E-state index contributed by atoms with van der Waals surface area (Å²) in [5.41, 5.74) is 8.00. The molecule has 4 heteroatoms. The van der Waals surface area contributed by atoms with Crippen molar-refractivity contribution in [2.45, 2.75) is 24.7 Å². The van der Waals surface area contributed by atoms with Gasteiger partial charge in [0.05, 0.1) is 4.90 Å². The van der Waals surface area contributed by atoms with E-state index in [1.807, 2.05) is 19.1 Å². The predicted octanol–water partition coefficient (Wildman–Crippen LogP) is 5.42. The first-order valence-corrected chi connectivity index (χ1v) is 12.9. The summed E-state index contributed by atoms with van der Waals surface area (Å²) in [6, 6.07) is 26.7. The lowest BCUT2D eigenvalue weighted by Gasteiger charge is -2.34. The zero-order chi connectivity index (χ0) is 21.9. The summed E-state index contributed by atoms with van der Waals surface area (Å²) in [7, 11) is -3.48. The maximum atomic E-state index is 13.5. The van der Waals surface area contributed by atoms with Crippen molar-refractivity contribution in [3.8, 4) is 0 Å². The van der Waals surface area contributed by atoms with Gasteiger partial charge in [-0.3, -0.25) is 0 Å². The summed E-state index contributed by atoms with van der Waals surface area (Å²) in [5, 5.41) is 0. The van der Waals surface area contributed by atoms with E-state index in [-0.39, 0.29) is 0 Å². The van der Waals surface area contributed by atoms with Crippen molar-refractivity contribution in [2.75, 3.05) is 13.1 Å². The Balaban J connectivity index is 1.40. The standard InChI is InChI=1S/C28H27NO2S/c1-19-11-13-23(14-12-19)32(30,31)29-17-22-16-25(20-7-3-2-4-8-20)28-24-10-6-5-9-21(24)15-26(28)27(22)18-29/h2-14,22,26-27H,15-18H2,1H3. The molecule has 3 unspecified atom stereocenters. The highest BCUT2D eigenvalue weighted by Crippen LogP contribution is 2.55. The number of benzene rings is 3. The van der Waals surface area contributed by atoms with E-state index < -0.39 is 10.0 Å². The van der Waals surface area contributed by atoms with Crippen LogP contribution in [0.3, 0.4) is 0 Å². The van der Waals surface area contributed by atoms with Crippen molar-refractivity contribution in [1.82, 2.24) is 4.31 Å². The van der Waals surface area contributed by atoms with Gasteiger partial charge >= 0.3 is 0 Å². The highest BCUT2D eigenvalue weighted by molar-refractivity contribution is 7.89. The van der Waals surface area contributed by atoms with Crippen molar-refractivity contribution in [1.29, 1.82) is 0 Å². The Morgan fingerprint density at radius 2 is 1.53 bits per heavy atom. The van der Waals surface area contributed by atoms with Gasteiger partial charge in [-0.05, 0) is 77.5 Å². The van der Waals surface area contributed by atoms with Crippen LogP contribution < -0.4 is 0 Å². The van der Waals surface area contributed by atoms with E-state index in [0.29, 0.717) is 35.7 Å². The van der Waals surface area contributed by atoms with Crippen LogP contribution in [0.25, 0.3) is 11.1 Å². The fourth-order valence-electron chi connectivity index (χ4n) is 6.12. The Bertz CT molecular complexity index is 1310. The molecule has 1 aliphatic heterocycles. The van der Waals surface area contributed by atoms with Crippen LogP contribution >= 0.6 is 0 Å². The van der Waals surface area contributed by atoms with Gasteiger partial charge in [0, 0.05) is 13.1 Å². The molecule has 3 aromatic carbocycles. The lowest BCUT2D eigenvalue weighted by Crippen LogP contribution is -2.30. The fourth-order valence-corrected chi connectivity index (χ4v) is 7.65. The van der Waals surface area contributed by atoms with E-state index in [4.69, 9.17) is 0 Å². The first-order chi connectivity index (χ1) is 15.5. The summed E-state index contributed by atoms with van der Waals surface area (Å²) in [6.45, 7) is 3.21. The molecule has 3 atom stereocenters. The Kier molecular flexibility index (Phi) is 4.63. The zero-order valence-corrected chi connectivity index (χ0v) is 19.1. The Morgan fingerprint density at radius 3 is 2.31 bits per heavy atom. The SMILES string of the molecule is Cc1ccc(S(=O)(=O)N2CC3CC(c4ccccc4)=C4c5ccccc5CC4C3C2)cc1. The molecule has 0 amide bonds. The van der Waals surface area contributed by atoms with Gasteiger partial charge in [0.2, 0.25) is 10.0 Å². The molecule has 3 aliphatic rings. The predicted molar refractivity (Wildman–Crippen MR) is 128 cm³/mol. The van der Waals surface area contributed by atoms with E-state index in [1.165, 1.54) is 27.8 Å². The molecule has 0 bridgehead atoms. The molecule has 0 spiro atoms.